The summed E-state index contributed by atoms with van der Waals surface area (Å²) < 4.78 is 36.7. The minimum Gasteiger partial charge on any atom is -0.475 e. The molecule has 1 aromatic carbocycles. The Bertz CT molecular complexity index is 1070. The smallest absolute Gasteiger partial charge is 0.475 e. The predicted molar refractivity (Wildman–Crippen MR) is 118 cm³/mol. The average molecular weight is 495 g/mol. The number of hydrogen-bond acceptors (Lipinski definition) is 7. The zero-order chi connectivity index (χ0) is 25.6. The van der Waals surface area contributed by atoms with Crippen molar-refractivity contribution in [1.82, 2.24) is 20.2 Å². The van der Waals surface area contributed by atoms with Crippen molar-refractivity contribution in [1.29, 1.82) is 0 Å². The lowest BCUT2D eigenvalue weighted by atomic mass is 9.97. The number of alkyl halides is 3. The molecule has 0 atom stereocenters. The molecule has 2 aliphatic rings. The molecule has 2 aromatic rings. The number of aromatic nitrogens is 2. The summed E-state index contributed by atoms with van der Waals surface area (Å²) in [7, 11) is 1.83. The van der Waals surface area contributed by atoms with E-state index < -0.39 is 18.2 Å². The molecule has 1 aromatic heterocycles. The van der Waals surface area contributed by atoms with E-state index in [1.54, 1.807) is 23.4 Å². The van der Waals surface area contributed by atoms with Gasteiger partial charge < -0.3 is 20.1 Å². The zero-order valence-corrected chi connectivity index (χ0v) is 18.8. The maximum atomic E-state index is 12.7. The lowest BCUT2D eigenvalue weighted by molar-refractivity contribution is -0.192. The minimum atomic E-state index is -5.08. The molecule has 2 aliphatic heterocycles. The number of rotatable bonds is 4. The van der Waals surface area contributed by atoms with Gasteiger partial charge in [0.2, 0.25) is 0 Å². The predicted octanol–water partition coefficient (Wildman–Crippen LogP) is 2.91. The van der Waals surface area contributed by atoms with Crippen LogP contribution >= 0.6 is 0 Å². The Morgan fingerprint density at radius 3 is 2.43 bits per heavy atom. The lowest BCUT2D eigenvalue weighted by Gasteiger charge is -2.27. The van der Waals surface area contributed by atoms with Gasteiger partial charge in [-0.3, -0.25) is 10.1 Å². The summed E-state index contributed by atoms with van der Waals surface area (Å²) in [6, 6.07) is 5.53. The number of nitrogens with one attached hydrogen (secondary N) is 2. The van der Waals surface area contributed by atoms with Gasteiger partial charge in [-0.25, -0.2) is 19.6 Å². The van der Waals surface area contributed by atoms with E-state index in [1.165, 1.54) is 0 Å². The number of piperidine rings is 1. The summed E-state index contributed by atoms with van der Waals surface area (Å²) in [5.74, 6) is -1.76. The van der Waals surface area contributed by atoms with Crippen molar-refractivity contribution in [3.05, 3.63) is 41.7 Å². The van der Waals surface area contributed by atoms with Crippen molar-refractivity contribution in [2.45, 2.75) is 25.6 Å². The van der Waals surface area contributed by atoms with Gasteiger partial charge in [0.15, 0.2) is 5.82 Å². The minimum absolute atomic E-state index is 0.0633. The van der Waals surface area contributed by atoms with Crippen LogP contribution in [0.1, 0.15) is 28.8 Å². The maximum absolute atomic E-state index is 12.7. The average Bonchev–Trinajstić information content (AvgIpc) is 2.84. The molecule has 188 valence electrons. The molecule has 0 spiro atoms. The highest BCUT2D eigenvalue weighted by molar-refractivity contribution is 5.93. The Morgan fingerprint density at radius 2 is 1.83 bits per heavy atom. The Morgan fingerprint density at radius 1 is 1.20 bits per heavy atom. The summed E-state index contributed by atoms with van der Waals surface area (Å²) in [5.41, 5.74) is 2.88. The molecule has 2 amide bonds. The molecule has 1 fully saturated rings. The number of carbonyl (C=O) groups excluding carboxylic acids is 2. The highest BCUT2D eigenvalue weighted by atomic mass is 19.4. The van der Waals surface area contributed by atoms with Crippen LogP contribution in [0.15, 0.2) is 30.6 Å². The fourth-order valence-corrected chi connectivity index (χ4v) is 3.61. The van der Waals surface area contributed by atoms with Crippen LogP contribution in [-0.4, -0.2) is 70.8 Å². The first-order chi connectivity index (χ1) is 16.5. The molecule has 3 N–H and O–H groups in total. The number of carboxylic acid groups (broad SMARTS) is 1. The van der Waals surface area contributed by atoms with Crippen LogP contribution < -0.4 is 10.6 Å². The van der Waals surface area contributed by atoms with Gasteiger partial charge in [-0.05, 0) is 50.0 Å². The SMILES string of the molecule is CN(CC1CCNCC1)C(=O)c1cnc(-c2ccc3c(c2)COC(=O)N3)nc1.O=C(O)C(F)(F)F. The third-order valence-electron chi connectivity index (χ3n) is 5.44. The summed E-state index contributed by atoms with van der Waals surface area (Å²) in [6.07, 6.45) is -0.207. The van der Waals surface area contributed by atoms with Gasteiger partial charge in [-0.1, -0.05) is 0 Å². The van der Waals surface area contributed by atoms with Gasteiger partial charge in [0.05, 0.1) is 11.3 Å². The van der Waals surface area contributed by atoms with Crippen molar-refractivity contribution in [3.63, 3.8) is 0 Å². The first kappa shape index (κ1) is 25.9. The van der Waals surface area contributed by atoms with Crippen molar-refractivity contribution < 1.29 is 37.4 Å². The topological polar surface area (TPSA) is 134 Å². The number of amides is 2. The number of carbonyl (C=O) groups is 3. The van der Waals surface area contributed by atoms with Crippen molar-refractivity contribution >= 4 is 23.7 Å². The molecule has 0 unspecified atom stereocenters. The third-order valence-corrected chi connectivity index (χ3v) is 5.44. The fraction of sp³-hybridized carbons (Fsp3) is 0.409. The van der Waals surface area contributed by atoms with E-state index in [2.05, 4.69) is 20.6 Å². The number of benzene rings is 1. The maximum Gasteiger partial charge on any atom is 0.490 e. The van der Waals surface area contributed by atoms with Gasteiger partial charge in [-0.2, -0.15) is 13.2 Å². The molecule has 13 heteroatoms. The van der Waals surface area contributed by atoms with Gasteiger partial charge >= 0.3 is 18.2 Å². The Hall–Kier alpha value is -3.74. The second-order valence-electron chi connectivity index (χ2n) is 8.05. The number of fused-ring (bicyclic) bond motifs is 1. The Labute approximate surface area is 198 Å². The standard InChI is InChI=1S/C20H23N5O3.C2HF3O2/c1-25(11-13-4-6-21-7-5-13)19(26)16-9-22-18(23-10-16)14-2-3-17-15(8-14)12-28-20(27)24-17;3-2(4,5)1(6)7/h2-3,8-10,13,21H,4-7,11-12H2,1H3,(H,24,27);(H,6,7). The van der Waals surface area contributed by atoms with Gasteiger partial charge in [0, 0.05) is 37.1 Å². The molecular weight excluding hydrogens is 471 g/mol. The quantitative estimate of drug-likeness (QED) is 0.590. The van der Waals surface area contributed by atoms with Crippen molar-refractivity contribution in [3.8, 4) is 11.4 Å². The number of cyclic esters (lactones) is 1. The number of hydrogen-bond donors (Lipinski definition) is 3. The third kappa shape index (κ3) is 7.12. The van der Waals surface area contributed by atoms with E-state index >= 15 is 0 Å². The lowest BCUT2D eigenvalue weighted by Crippen LogP contribution is -2.37. The monoisotopic (exact) mass is 495 g/mol. The van der Waals surface area contributed by atoms with Crippen LogP contribution in [0.5, 0.6) is 0 Å². The van der Waals surface area contributed by atoms with E-state index in [0.29, 0.717) is 17.3 Å². The Kier molecular flexibility index (Phi) is 8.22. The molecule has 0 aliphatic carbocycles. The number of nitrogens with zero attached hydrogens (tertiary/aromatic N) is 3. The molecular formula is C22H24F3N5O5. The zero-order valence-electron chi connectivity index (χ0n) is 18.8. The largest absolute Gasteiger partial charge is 0.490 e. The van der Waals surface area contributed by atoms with E-state index in [1.807, 2.05) is 19.2 Å². The van der Waals surface area contributed by atoms with Crippen LogP contribution in [0.25, 0.3) is 11.4 Å². The molecule has 10 nitrogen and oxygen atoms in total. The number of aliphatic carboxylic acids is 1. The first-order valence-corrected chi connectivity index (χ1v) is 10.7. The molecule has 3 heterocycles. The van der Waals surface area contributed by atoms with Gasteiger partial charge in [-0.15, -0.1) is 0 Å². The van der Waals surface area contributed by atoms with Crippen LogP contribution in [0.3, 0.4) is 0 Å². The normalized spacial score (nSPS) is 15.6. The highest BCUT2D eigenvalue weighted by Crippen LogP contribution is 2.26. The van der Waals surface area contributed by atoms with Crippen LogP contribution in [0.2, 0.25) is 0 Å². The van der Waals surface area contributed by atoms with Crippen LogP contribution in [0.4, 0.5) is 23.7 Å². The molecule has 0 saturated carbocycles. The van der Waals surface area contributed by atoms with Crippen LogP contribution in [-0.2, 0) is 16.1 Å². The highest BCUT2D eigenvalue weighted by Gasteiger charge is 2.38. The summed E-state index contributed by atoms with van der Waals surface area (Å²) in [5, 5.41) is 13.1. The van der Waals surface area contributed by atoms with E-state index in [4.69, 9.17) is 14.6 Å². The fourth-order valence-electron chi connectivity index (χ4n) is 3.61. The van der Waals surface area contributed by atoms with E-state index in [9.17, 15) is 22.8 Å². The van der Waals surface area contributed by atoms with Gasteiger partial charge in [0.1, 0.15) is 6.61 Å². The number of carboxylic acids is 1. The Balaban J connectivity index is 0.000000429. The molecule has 0 radical (unpaired) electrons. The molecule has 1 saturated heterocycles. The first-order valence-electron chi connectivity index (χ1n) is 10.7. The van der Waals surface area contributed by atoms with E-state index in [0.717, 1.165) is 49.3 Å². The van der Waals surface area contributed by atoms with Crippen molar-refractivity contribution in [2.24, 2.45) is 5.92 Å². The summed E-state index contributed by atoms with van der Waals surface area (Å²) in [4.78, 5) is 43.3. The van der Waals surface area contributed by atoms with Crippen LogP contribution in [0, 0.1) is 5.92 Å². The van der Waals surface area contributed by atoms with E-state index in [-0.39, 0.29) is 12.5 Å². The summed E-state index contributed by atoms with van der Waals surface area (Å²) >= 11 is 0. The molecule has 35 heavy (non-hydrogen) atoms. The second kappa shape index (κ2) is 11.1. The number of ether oxygens (including phenoxy) is 1. The van der Waals surface area contributed by atoms with Gasteiger partial charge in [0.25, 0.3) is 5.91 Å². The van der Waals surface area contributed by atoms with Crippen molar-refractivity contribution in [2.75, 3.05) is 32.0 Å². The molecule has 0 bridgehead atoms. The number of anilines is 1. The second-order valence-corrected chi connectivity index (χ2v) is 8.05. The number of halogens is 3. The summed E-state index contributed by atoms with van der Waals surface area (Å²) in [6.45, 7) is 2.99. The molecule has 4 rings (SSSR count).